The molecule has 1 aromatic carbocycles. The van der Waals surface area contributed by atoms with E-state index < -0.39 is 0 Å². The first kappa shape index (κ1) is 19.9. The van der Waals surface area contributed by atoms with Gasteiger partial charge in [-0.25, -0.2) is 9.67 Å². The molecule has 4 aromatic rings. The summed E-state index contributed by atoms with van der Waals surface area (Å²) in [5, 5.41) is 10.2. The normalized spacial score (nSPS) is 10.9. The van der Waals surface area contributed by atoms with Gasteiger partial charge in [-0.1, -0.05) is 12.1 Å². The van der Waals surface area contributed by atoms with Gasteiger partial charge in [-0.3, -0.25) is 4.79 Å². The van der Waals surface area contributed by atoms with Crippen molar-refractivity contribution in [2.45, 2.75) is 20.0 Å². The van der Waals surface area contributed by atoms with Gasteiger partial charge in [-0.15, -0.1) is 11.3 Å². The van der Waals surface area contributed by atoms with Crippen molar-refractivity contribution >= 4 is 28.3 Å². The average Bonchev–Trinajstić information content (AvgIpc) is 3.41. The van der Waals surface area contributed by atoms with Crippen LogP contribution in [0.4, 0.5) is 0 Å². The first-order chi connectivity index (χ1) is 14.6. The first-order valence-electron chi connectivity index (χ1n) is 9.43. The number of pyridine rings is 1. The van der Waals surface area contributed by atoms with Crippen molar-refractivity contribution in [3.8, 4) is 11.5 Å². The van der Waals surface area contributed by atoms with Crippen LogP contribution in [0.2, 0.25) is 0 Å². The number of methoxy groups -OCH3 is 2. The van der Waals surface area contributed by atoms with E-state index in [2.05, 4.69) is 21.5 Å². The fraction of sp³-hybridized carbons (Fsp3) is 0.227. The van der Waals surface area contributed by atoms with E-state index in [0.29, 0.717) is 35.8 Å². The summed E-state index contributed by atoms with van der Waals surface area (Å²) in [6.07, 6.45) is 1.71. The molecule has 0 fully saturated rings. The van der Waals surface area contributed by atoms with E-state index in [1.165, 1.54) is 4.88 Å². The van der Waals surface area contributed by atoms with Crippen LogP contribution in [0.5, 0.6) is 11.5 Å². The second kappa shape index (κ2) is 8.54. The maximum Gasteiger partial charge on any atom is 0.252 e. The molecule has 1 amide bonds. The van der Waals surface area contributed by atoms with Crippen molar-refractivity contribution in [1.29, 1.82) is 0 Å². The van der Waals surface area contributed by atoms with E-state index in [0.717, 1.165) is 16.6 Å². The van der Waals surface area contributed by atoms with E-state index in [1.807, 2.05) is 41.3 Å². The lowest BCUT2D eigenvalue weighted by Gasteiger charge is -2.11. The Bertz CT molecular complexity index is 1180. The highest BCUT2D eigenvalue weighted by molar-refractivity contribution is 7.09. The molecule has 3 heterocycles. The number of nitrogens with one attached hydrogen (secondary N) is 1. The summed E-state index contributed by atoms with van der Waals surface area (Å²) in [5.74, 6) is 1.11. The summed E-state index contributed by atoms with van der Waals surface area (Å²) in [4.78, 5) is 18.8. The number of hydrogen-bond acceptors (Lipinski definition) is 6. The number of aryl methyl sites for hydroxylation is 1. The molecule has 0 saturated heterocycles. The van der Waals surface area contributed by atoms with Crippen molar-refractivity contribution in [2.75, 3.05) is 14.2 Å². The highest BCUT2D eigenvalue weighted by atomic mass is 32.1. The Morgan fingerprint density at radius 3 is 2.73 bits per heavy atom. The van der Waals surface area contributed by atoms with Crippen LogP contribution in [0, 0.1) is 6.92 Å². The molecule has 3 aromatic heterocycles. The Kier molecular flexibility index (Phi) is 5.67. The van der Waals surface area contributed by atoms with E-state index in [-0.39, 0.29) is 5.91 Å². The molecule has 7 nitrogen and oxygen atoms in total. The van der Waals surface area contributed by atoms with Gasteiger partial charge in [0.2, 0.25) is 0 Å². The van der Waals surface area contributed by atoms with Crippen LogP contribution in [-0.4, -0.2) is 34.9 Å². The molecular formula is C22H22N4O3S. The molecule has 30 heavy (non-hydrogen) atoms. The summed E-state index contributed by atoms with van der Waals surface area (Å²) in [5.41, 5.74) is 2.96. The highest BCUT2D eigenvalue weighted by Gasteiger charge is 2.16. The number of thiophene rings is 1. The molecule has 0 aliphatic heterocycles. The minimum atomic E-state index is -0.170. The molecule has 0 aliphatic rings. The summed E-state index contributed by atoms with van der Waals surface area (Å²) in [7, 11) is 3.18. The van der Waals surface area contributed by atoms with Gasteiger partial charge >= 0.3 is 0 Å². The van der Waals surface area contributed by atoms with Gasteiger partial charge in [0.15, 0.2) is 17.1 Å². The molecule has 0 saturated carbocycles. The van der Waals surface area contributed by atoms with Crippen LogP contribution >= 0.6 is 11.3 Å². The largest absolute Gasteiger partial charge is 0.493 e. The lowest BCUT2D eigenvalue weighted by Crippen LogP contribution is -2.23. The summed E-state index contributed by atoms with van der Waals surface area (Å²) in [6.45, 7) is 2.88. The molecule has 8 heteroatoms. The van der Waals surface area contributed by atoms with Gasteiger partial charge in [-0.05, 0) is 42.1 Å². The Balaban J connectivity index is 1.57. The van der Waals surface area contributed by atoms with Crippen LogP contribution in [0.1, 0.15) is 26.5 Å². The monoisotopic (exact) mass is 422 g/mol. The molecule has 0 unspecified atom stereocenters. The number of rotatable bonds is 7. The van der Waals surface area contributed by atoms with Crippen molar-refractivity contribution in [2.24, 2.45) is 0 Å². The van der Waals surface area contributed by atoms with Gasteiger partial charge in [0.1, 0.15) is 0 Å². The van der Waals surface area contributed by atoms with Crippen molar-refractivity contribution in [3.63, 3.8) is 0 Å². The number of hydrogen-bond donors (Lipinski definition) is 1. The summed E-state index contributed by atoms with van der Waals surface area (Å²) in [6, 6.07) is 11.4. The van der Waals surface area contributed by atoms with Crippen molar-refractivity contribution < 1.29 is 14.3 Å². The van der Waals surface area contributed by atoms with Crippen LogP contribution in [-0.2, 0) is 13.1 Å². The molecule has 0 radical (unpaired) electrons. The van der Waals surface area contributed by atoms with E-state index in [1.54, 1.807) is 37.8 Å². The minimum absolute atomic E-state index is 0.170. The first-order valence-corrected chi connectivity index (χ1v) is 10.3. The zero-order chi connectivity index (χ0) is 21.1. The number of fused-ring (bicyclic) bond motifs is 1. The quantitative estimate of drug-likeness (QED) is 0.490. The number of benzene rings is 1. The van der Waals surface area contributed by atoms with Crippen LogP contribution in [0.25, 0.3) is 11.0 Å². The molecule has 0 aliphatic carbocycles. The number of carbonyl (C=O) groups is 1. The fourth-order valence-electron chi connectivity index (χ4n) is 3.29. The summed E-state index contributed by atoms with van der Waals surface area (Å²) < 4.78 is 12.4. The summed E-state index contributed by atoms with van der Waals surface area (Å²) >= 11 is 1.67. The third-order valence-electron chi connectivity index (χ3n) is 4.77. The maximum atomic E-state index is 13.0. The van der Waals surface area contributed by atoms with Gasteiger partial charge < -0.3 is 14.8 Å². The smallest absolute Gasteiger partial charge is 0.252 e. The third-order valence-corrected chi connectivity index (χ3v) is 5.63. The Morgan fingerprint density at radius 1 is 1.17 bits per heavy atom. The number of nitrogens with zero attached hydrogens (tertiary/aromatic N) is 3. The second-order valence-corrected chi connectivity index (χ2v) is 7.83. The predicted molar refractivity (Wildman–Crippen MR) is 116 cm³/mol. The lowest BCUT2D eigenvalue weighted by molar-refractivity contribution is 0.0952. The lowest BCUT2D eigenvalue weighted by atomic mass is 10.1. The van der Waals surface area contributed by atoms with Gasteiger partial charge in [0.05, 0.1) is 37.9 Å². The standard InChI is InChI=1S/C22H22N4O3S/c1-14-9-17(18-12-24-26(21(18)25-14)13-16-5-4-8-30-16)22(27)23-11-15-6-7-19(28-2)20(10-15)29-3/h4-10,12H,11,13H2,1-3H3,(H,23,27). The molecule has 0 spiro atoms. The van der Waals surface area contributed by atoms with Gasteiger partial charge in [0.25, 0.3) is 5.91 Å². The molecule has 0 atom stereocenters. The Hall–Kier alpha value is -3.39. The topological polar surface area (TPSA) is 78.3 Å². The molecule has 154 valence electrons. The van der Waals surface area contributed by atoms with Gasteiger partial charge in [0, 0.05) is 17.1 Å². The molecular weight excluding hydrogens is 400 g/mol. The van der Waals surface area contributed by atoms with Crippen molar-refractivity contribution in [3.05, 3.63) is 69.7 Å². The average molecular weight is 423 g/mol. The highest BCUT2D eigenvalue weighted by Crippen LogP contribution is 2.27. The number of ether oxygens (including phenoxy) is 2. The third kappa shape index (κ3) is 3.99. The molecule has 1 N–H and O–H groups in total. The predicted octanol–water partition coefficient (Wildman–Crippen LogP) is 3.80. The second-order valence-electron chi connectivity index (χ2n) is 6.80. The number of aromatic nitrogens is 3. The Morgan fingerprint density at radius 2 is 2.00 bits per heavy atom. The SMILES string of the molecule is COc1ccc(CNC(=O)c2cc(C)nc3c2cnn3Cc2cccs2)cc1OC. The van der Waals surface area contributed by atoms with E-state index in [9.17, 15) is 4.79 Å². The van der Waals surface area contributed by atoms with Crippen molar-refractivity contribution in [1.82, 2.24) is 20.1 Å². The molecule has 0 bridgehead atoms. The van der Waals surface area contributed by atoms with Gasteiger partial charge in [-0.2, -0.15) is 5.10 Å². The maximum absolute atomic E-state index is 13.0. The zero-order valence-corrected chi connectivity index (χ0v) is 17.8. The van der Waals surface area contributed by atoms with Crippen LogP contribution < -0.4 is 14.8 Å². The number of carbonyl (C=O) groups excluding carboxylic acids is 1. The fourth-order valence-corrected chi connectivity index (χ4v) is 3.98. The van der Waals surface area contributed by atoms with E-state index >= 15 is 0 Å². The van der Waals surface area contributed by atoms with E-state index in [4.69, 9.17) is 9.47 Å². The Labute approximate surface area is 178 Å². The van der Waals surface area contributed by atoms with Crippen LogP contribution in [0.3, 0.4) is 0 Å². The number of amides is 1. The van der Waals surface area contributed by atoms with Crippen LogP contribution in [0.15, 0.2) is 48.0 Å². The molecule has 4 rings (SSSR count). The zero-order valence-electron chi connectivity index (χ0n) is 17.0. The minimum Gasteiger partial charge on any atom is -0.493 e.